The minimum absolute atomic E-state index is 0.216. The Balaban J connectivity index is 1.62. The lowest BCUT2D eigenvalue weighted by Gasteiger charge is -2.26. The number of fused-ring (bicyclic) bond motifs is 1. The Kier molecular flexibility index (Phi) is 4.06. The Hall–Kier alpha value is -1.35. The van der Waals surface area contributed by atoms with E-state index in [1.165, 1.54) is 37.7 Å². The molecule has 1 unspecified atom stereocenters. The summed E-state index contributed by atoms with van der Waals surface area (Å²) < 4.78 is 0. The number of benzene rings is 1. The van der Waals surface area contributed by atoms with Crippen LogP contribution in [0.3, 0.4) is 0 Å². The lowest BCUT2D eigenvalue weighted by molar-refractivity contribution is -0.118. The van der Waals surface area contributed by atoms with Gasteiger partial charge < -0.3 is 10.2 Å². The summed E-state index contributed by atoms with van der Waals surface area (Å²) in [5, 5.41) is 3.46. The molecule has 1 saturated carbocycles. The van der Waals surface area contributed by atoms with E-state index in [4.69, 9.17) is 0 Å². The van der Waals surface area contributed by atoms with Crippen molar-refractivity contribution in [2.45, 2.75) is 57.5 Å². The molecule has 108 valence electrons. The van der Waals surface area contributed by atoms with Gasteiger partial charge >= 0.3 is 0 Å². The van der Waals surface area contributed by atoms with Gasteiger partial charge in [-0.15, -0.1) is 0 Å². The van der Waals surface area contributed by atoms with Crippen molar-refractivity contribution < 1.29 is 4.79 Å². The van der Waals surface area contributed by atoms with Crippen LogP contribution in [0.2, 0.25) is 0 Å². The molecule has 20 heavy (non-hydrogen) atoms. The van der Waals surface area contributed by atoms with Crippen LogP contribution >= 0.6 is 0 Å². The van der Waals surface area contributed by atoms with E-state index in [1.54, 1.807) is 0 Å². The van der Waals surface area contributed by atoms with Crippen molar-refractivity contribution in [3.05, 3.63) is 29.8 Å². The van der Waals surface area contributed by atoms with Crippen molar-refractivity contribution >= 4 is 11.6 Å². The second-order valence-electron chi connectivity index (χ2n) is 6.16. The molecule has 0 saturated heterocycles. The van der Waals surface area contributed by atoms with E-state index in [9.17, 15) is 4.79 Å². The highest BCUT2D eigenvalue weighted by Gasteiger charge is 2.30. The quantitative estimate of drug-likeness (QED) is 0.917. The fourth-order valence-corrected chi connectivity index (χ4v) is 3.57. The third-order valence-electron chi connectivity index (χ3n) is 4.62. The molecule has 0 radical (unpaired) electrons. The number of hydrogen-bond acceptors (Lipinski definition) is 2. The number of nitrogens with zero attached hydrogens (tertiary/aromatic N) is 1. The van der Waals surface area contributed by atoms with Gasteiger partial charge in [0.2, 0.25) is 5.91 Å². The normalized spacial score (nSPS) is 22.9. The van der Waals surface area contributed by atoms with Crippen molar-refractivity contribution in [2.24, 2.45) is 0 Å². The molecular formula is C17H24N2O. The number of rotatable bonds is 3. The van der Waals surface area contributed by atoms with E-state index in [1.807, 2.05) is 11.0 Å². The molecule has 1 N–H and O–H groups in total. The van der Waals surface area contributed by atoms with Crippen molar-refractivity contribution in [3.8, 4) is 0 Å². The Labute approximate surface area is 121 Å². The van der Waals surface area contributed by atoms with Crippen LogP contribution in [0.1, 0.15) is 44.6 Å². The molecule has 0 aromatic heterocycles. The number of para-hydroxylation sites is 1. The molecule has 3 nitrogen and oxygen atoms in total. The molecule has 1 aromatic rings. The van der Waals surface area contributed by atoms with Gasteiger partial charge in [0.1, 0.15) is 0 Å². The molecule has 1 heterocycles. The Morgan fingerprint density at radius 2 is 2.00 bits per heavy atom. The van der Waals surface area contributed by atoms with E-state index in [0.717, 1.165) is 12.1 Å². The molecule has 1 aliphatic carbocycles. The number of carbonyl (C=O) groups is 1. The van der Waals surface area contributed by atoms with Gasteiger partial charge in [-0.3, -0.25) is 4.79 Å². The maximum Gasteiger partial charge on any atom is 0.241 e. The fourth-order valence-electron chi connectivity index (χ4n) is 3.57. The summed E-state index contributed by atoms with van der Waals surface area (Å²) in [6, 6.07) is 9.10. The first-order valence-electron chi connectivity index (χ1n) is 7.89. The molecule has 1 atom stereocenters. The molecule has 1 amide bonds. The molecule has 1 aromatic carbocycles. The van der Waals surface area contributed by atoms with Crippen LogP contribution in [0.4, 0.5) is 5.69 Å². The Morgan fingerprint density at radius 3 is 2.80 bits per heavy atom. The lowest BCUT2D eigenvalue weighted by Crippen LogP contribution is -2.44. The zero-order valence-corrected chi connectivity index (χ0v) is 12.3. The first-order valence-corrected chi connectivity index (χ1v) is 7.89. The predicted molar refractivity (Wildman–Crippen MR) is 82.0 cm³/mol. The first kappa shape index (κ1) is 13.6. The maximum absolute atomic E-state index is 12.5. The zero-order chi connectivity index (χ0) is 13.9. The van der Waals surface area contributed by atoms with Gasteiger partial charge in [-0.25, -0.2) is 0 Å². The number of anilines is 1. The van der Waals surface area contributed by atoms with Crippen LogP contribution in [0, 0.1) is 0 Å². The largest absolute Gasteiger partial charge is 0.308 e. The summed E-state index contributed by atoms with van der Waals surface area (Å²) in [5.41, 5.74) is 2.40. The fraction of sp³-hybridized carbons (Fsp3) is 0.588. The maximum atomic E-state index is 12.5. The monoisotopic (exact) mass is 272 g/mol. The lowest BCUT2D eigenvalue weighted by atomic mass is 9.95. The minimum atomic E-state index is 0.216. The van der Waals surface area contributed by atoms with Gasteiger partial charge in [-0.05, 0) is 37.8 Å². The molecule has 1 fully saturated rings. The SMILES string of the molecule is CC1Cc2ccccc2N1C(=O)CNC1CCCCC1. The molecular weight excluding hydrogens is 248 g/mol. The van der Waals surface area contributed by atoms with Gasteiger partial charge in [0, 0.05) is 17.8 Å². The Morgan fingerprint density at radius 1 is 1.25 bits per heavy atom. The Bertz CT molecular complexity index is 480. The second kappa shape index (κ2) is 5.96. The third-order valence-corrected chi connectivity index (χ3v) is 4.62. The molecule has 0 spiro atoms. The number of hydrogen-bond donors (Lipinski definition) is 1. The third kappa shape index (κ3) is 2.73. The van der Waals surface area contributed by atoms with Crippen molar-refractivity contribution in [3.63, 3.8) is 0 Å². The van der Waals surface area contributed by atoms with Gasteiger partial charge in [-0.2, -0.15) is 0 Å². The van der Waals surface area contributed by atoms with Crippen LogP contribution in [0.25, 0.3) is 0 Å². The van der Waals surface area contributed by atoms with Crippen LogP contribution in [0.5, 0.6) is 0 Å². The summed E-state index contributed by atoms with van der Waals surface area (Å²) in [5.74, 6) is 0.216. The predicted octanol–water partition coefficient (Wildman–Crippen LogP) is 2.89. The van der Waals surface area contributed by atoms with Gasteiger partial charge in [-0.1, -0.05) is 37.5 Å². The minimum Gasteiger partial charge on any atom is -0.308 e. The average Bonchev–Trinajstić information content (AvgIpc) is 2.82. The summed E-state index contributed by atoms with van der Waals surface area (Å²) >= 11 is 0. The second-order valence-corrected chi connectivity index (χ2v) is 6.16. The van der Waals surface area contributed by atoms with E-state index >= 15 is 0 Å². The topological polar surface area (TPSA) is 32.3 Å². The highest BCUT2D eigenvalue weighted by atomic mass is 16.2. The molecule has 2 aliphatic rings. The summed E-state index contributed by atoms with van der Waals surface area (Å²) in [7, 11) is 0. The van der Waals surface area contributed by atoms with E-state index < -0.39 is 0 Å². The van der Waals surface area contributed by atoms with Crippen LogP contribution < -0.4 is 10.2 Å². The number of nitrogens with one attached hydrogen (secondary N) is 1. The molecule has 1 aliphatic heterocycles. The standard InChI is InChI=1S/C17H24N2O/c1-13-11-14-7-5-6-10-16(14)19(13)17(20)12-18-15-8-3-2-4-9-15/h5-7,10,13,15,18H,2-4,8-9,11-12H2,1H3. The van der Waals surface area contributed by atoms with Crippen LogP contribution in [-0.4, -0.2) is 24.5 Å². The highest BCUT2D eigenvalue weighted by molar-refractivity contribution is 5.97. The van der Waals surface area contributed by atoms with Gasteiger partial charge in [0.05, 0.1) is 6.54 Å². The molecule has 3 rings (SSSR count). The van der Waals surface area contributed by atoms with Crippen molar-refractivity contribution in [1.29, 1.82) is 0 Å². The van der Waals surface area contributed by atoms with E-state index in [-0.39, 0.29) is 11.9 Å². The molecule has 0 bridgehead atoms. The number of amides is 1. The van der Waals surface area contributed by atoms with Crippen molar-refractivity contribution in [1.82, 2.24) is 5.32 Å². The zero-order valence-electron chi connectivity index (χ0n) is 12.3. The van der Waals surface area contributed by atoms with Crippen LogP contribution in [0.15, 0.2) is 24.3 Å². The number of carbonyl (C=O) groups excluding carboxylic acids is 1. The first-order chi connectivity index (χ1) is 9.75. The van der Waals surface area contributed by atoms with Gasteiger partial charge in [0.15, 0.2) is 0 Å². The summed E-state index contributed by atoms with van der Waals surface area (Å²) in [4.78, 5) is 14.5. The molecule has 3 heteroatoms. The smallest absolute Gasteiger partial charge is 0.241 e. The summed E-state index contributed by atoms with van der Waals surface area (Å²) in [6.07, 6.45) is 7.37. The van der Waals surface area contributed by atoms with Crippen molar-refractivity contribution in [2.75, 3.05) is 11.4 Å². The van der Waals surface area contributed by atoms with Gasteiger partial charge in [0.25, 0.3) is 0 Å². The highest BCUT2D eigenvalue weighted by Crippen LogP contribution is 2.31. The van der Waals surface area contributed by atoms with E-state index in [0.29, 0.717) is 12.6 Å². The van der Waals surface area contributed by atoms with Crippen LogP contribution in [-0.2, 0) is 11.2 Å². The van der Waals surface area contributed by atoms with E-state index in [2.05, 4.69) is 30.4 Å². The summed E-state index contributed by atoms with van der Waals surface area (Å²) in [6.45, 7) is 2.61. The average molecular weight is 272 g/mol.